The summed E-state index contributed by atoms with van der Waals surface area (Å²) in [4.78, 5) is 5.01. The first-order valence-electron chi connectivity index (χ1n) is 5.92. The highest BCUT2D eigenvalue weighted by atomic mass is 15.3. The maximum atomic E-state index is 5.82. The lowest BCUT2D eigenvalue weighted by molar-refractivity contribution is 0.0651. The van der Waals surface area contributed by atoms with E-state index < -0.39 is 0 Å². The lowest BCUT2D eigenvalue weighted by atomic mass is 9.84. The molecule has 1 aliphatic heterocycles. The maximum Gasteiger partial charge on any atom is 0.0346 e. The average Bonchev–Trinajstić information content (AvgIpc) is 2.13. The molecule has 1 unspecified atom stereocenters. The molecule has 2 fully saturated rings. The Morgan fingerprint density at radius 1 is 1.29 bits per heavy atom. The van der Waals surface area contributed by atoms with Crippen LogP contribution in [0.2, 0.25) is 0 Å². The number of piperazine rings is 1. The van der Waals surface area contributed by atoms with Gasteiger partial charge in [-0.3, -0.25) is 4.90 Å². The Balaban J connectivity index is 1.82. The summed E-state index contributed by atoms with van der Waals surface area (Å²) < 4.78 is 0. The normalized spacial score (nSPS) is 31.7. The van der Waals surface area contributed by atoms with Gasteiger partial charge in [-0.05, 0) is 25.8 Å². The van der Waals surface area contributed by atoms with E-state index in [1.54, 1.807) is 0 Å². The fourth-order valence-electron chi connectivity index (χ4n) is 2.52. The monoisotopic (exact) mass is 197 g/mol. The average molecular weight is 197 g/mol. The molecule has 0 radical (unpaired) electrons. The van der Waals surface area contributed by atoms with E-state index >= 15 is 0 Å². The van der Waals surface area contributed by atoms with Crippen molar-refractivity contribution in [2.75, 3.05) is 39.8 Å². The van der Waals surface area contributed by atoms with Crippen molar-refractivity contribution >= 4 is 0 Å². The van der Waals surface area contributed by atoms with Gasteiger partial charge in [0.15, 0.2) is 0 Å². The van der Waals surface area contributed by atoms with Crippen LogP contribution in [0.15, 0.2) is 0 Å². The van der Waals surface area contributed by atoms with Gasteiger partial charge >= 0.3 is 0 Å². The van der Waals surface area contributed by atoms with Crippen molar-refractivity contribution in [3.8, 4) is 0 Å². The van der Waals surface area contributed by atoms with Crippen LogP contribution >= 0.6 is 0 Å². The molecule has 1 saturated heterocycles. The molecule has 0 amide bonds. The van der Waals surface area contributed by atoms with Crippen molar-refractivity contribution in [1.82, 2.24) is 9.80 Å². The second-order valence-electron chi connectivity index (χ2n) is 4.94. The van der Waals surface area contributed by atoms with E-state index in [9.17, 15) is 0 Å². The highest BCUT2D eigenvalue weighted by molar-refractivity contribution is 4.84. The minimum atomic E-state index is 0.606. The predicted molar refractivity (Wildman–Crippen MR) is 59.3 cm³/mol. The first-order chi connectivity index (χ1) is 6.79. The summed E-state index contributed by atoms with van der Waals surface area (Å²) in [5.74, 6) is 0.979. The molecule has 0 spiro atoms. The van der Waals surface area contributed by atoms with E-state index in [1.165, 1.54) is 38.9 Å². The van der Waals surface area contributed by atoms with Crippen LogP contribution in [-0.2, 0) is 0 Å². The zero-order valence-electron chi connectivity index (χ0n) is 9.28. The number of nitrogens with zero attached hydrogens (tertiary/aromatic N) is 2. The van der Waals surface area contributed by atoms with Crippen LogP contribution in [0, 0.1) is 5.92 Å². The van der Waals surface area contributed by atoms with E-state index in [-0.39, 0.29) is 0 Å². The first-order valence-corrected chi connectivity index (χ1v) is 5.92. The van der Waals surface area contributed by atoms with Crippen LogP contribution in [0.25, 0.3) is 0 Å². The van der Waals surface area contributed by atoms with Crippen LogP contribution in [0.3, 0.4) is 0 Å². The fraction of sp³-hybridized carbons (Fsp3) is 1.00. The predicted octanol–water partition coefficient (Wildman–Crippen LogP) is 0.361. The molecule has 1 heterocycles. The summed E-state index contributed by atoms with van der Waals surface area (Å²) >= 11 is 0. The smallest absolute Gasteiger partial charge is 0.0346 e. The second-order valence-corrected chi connectivity index (χ2v) is 4.94. The third-order valence-electron chi connectivity index (χ3n) is 3.80. The molecule has 1 atom stereocenters. The lowest BCUT2D eigenvalue weighted by Gasteiger charge is -2.42. The van der Waals surface area contributed by atoms with E-state index in [1.807, 2.05) is 0 Å². The van der Waals surface area contributed by atoms with Gasteiger partial charge in [0.05, 0.1) is 0 Å². The molecule has 0 aromatic heterocycles. The van der Waals surface area contributed by atoms with Crippen LogP contribution in [-0.4, -0.2) is 55.6 Å². The lowest BCUT2D eigenvalue weighted by Crippen LogP contribution is -2.56. The van der Waals surface area contributed by atoms with Gasteiger partial charge in [0, 0.05) is 38.8 Å². The maximum absolute atomic E-state index is 5.82. The third-order valence-corrected chi connectivity index (χ3v) is 3.80. The Kier molecular flexibility index (Phi) is 3.42. The minimum Gasteiger partial charge on any atom is -0.329 e. The second kappa shape index (κ2) is 4.60. The molecule has 3 nitrogen and oxygen atoms in total. The van der Waals surface area contributed by atoms with Gasteiger partial charge in [0.1, 0.15) is 0 Å². The SMILES string of the molecule is CN1CCN(CC2CCC2)C(CN)C1. The summed E-state index contributed by atoms with van der Waals surface area (Å²) in [6, 6.07) is 0.606. The van der Waals surface area contributed by atoms with Crippen molar-refractivity contribution in [3.63, 3.8) is 0 Å². The van der Waals surface area contributed by atoms with Crippen LogP contribution < -0.4 is 5.73 Å². The van der Waals surface area contributed by atoms with Crippen LogP contribution in [0.1, 0.15) is 19.3 Å². The molecule has 0 aromatic rings. The molecule has 3 heteroatoms. The van der Waals surface area contributed by atoms with Crippen LogP contribution in [0.5, 0.6) is 0 Å². The van der Waals surface area contributed by atoms with Gasteiger partial charge in [-0.25, -0.2) is 0 Å². The summed E-state index contributed by atoms with van der Waals surface area (Å²) in [5.41, 5.74) is 5.82. The zero-order valence-corrected chi connectivity index (χ0v) is 9.28. The van der Waals surface area contributed by atoms with E-state index in [0.29, 0.717) is 6.04 Å². The Morgan fingerprint density at radius 3 is 2.64 bits per heavy atom. The third kappa shape index (κ3) is 2.27. The highest BCUT2D eigenvalue weighted by Gasteiger charge is 2.28. The largest absolute Gasteiger partial charge is 0.329 e. The summed E-state index contributed by atoms with van der Waals surface area (Å²) in [7, 11) is 2.20. The van der Waals surface area contributed by atoms with E-state index in [0.717, 1.165) is 19.0 Å². The molecule has 1 aliphatic carbocycles. The summed E-state index contributed by atoms with van der Waals surface area (Å²) in [6.07, 6.45) is 4.35. The van der Waals surface area contributed by atoms with Gasteiger partial charge in [-0.2, -0.15) is 0 Å². The molecule has 2 N–H and O–H groups in total. The number of hydrogen-bond acceptors (Lipinski definition) is 3. The van der Waals surface area contributed by atoms with Gasteiger partial charge in [0.25, 0.3) is 0 Å². The Hall–Kier alpha value is -0.120. The standard InChI is InChI=1S/C11H23N3/c1-13-5-6-14(11(7-12)9-13)8-10-3-2-4-10/h10-11H,2-9,12H2,1H3. The molecule has 82 valence electrons. The molecule has 0 aromatic carbocycles. The molecular formula is C11H23N3. The van der Waals surface area contributed by atoms with Crippen molar-refractivity contribution in [1.29, 1.82) is 0 Å². The topological polar surface area (TPSA) is 32.5 Å². The van der Waals surface area contributed by atoms with Gasteiger partial charge in [-0.1, -0.05) is 6.42 Å². The van der Waals surface area contributed by atoms with E-state index in [4.69, 9.17) is 5.73 Å². The minimum absolute atomic E-state index is 0.606. The number of likely N-dealkylation sites (N-methyl/N-ethyl adjacent to an activating group) is 1. The van der Waals surface area contributed by atoms with Crippen molar-refractivity contribution in [3.05, 3.63) is 0 Å². The van der Waals surface area contributed by atoms with Crippen molar-refractivity contribution in [2.24, 2.45) is 11.7 Å². The molecule has 1 saturated carbocycles. The summed E-state index contributed by atoms with van der Waals surface area (Å²) in [6.45, 7) is 5.70. The van der Waals surface area contributed by atoms with Gasteiger partial charge < -0.3 is 10.6 Å². The van der Waals surface area contributed by atoms with E-state index in [2.05, 4.69) is 16.8 Å². The van der Waals surface area contributed by atoms with Crippen LogP contribution in [0.4, 0.5) is 0 Å². The molecule has 14 heavy (non-hydrogen) atoms. The molecule has 2 rings (SSSR count). The highest BCUT2D eigenvalue weighted by Crippen LogP contribution is 2.28. The molecular weight excluding hydrogens is 174 g/mol. The van der Waals surface area contributed by atoms with Gasteiger partial charge in [-0.15, -0.1) is 0 Å². The quantitative estimate of drug-likeness (QED) is 0.709. The van der Waals surface area contributed by atoms with Crippen molar-refractivity contribution in [2.45, 2.75) is 25.3 Å². The Labute approximate surface area is 87.2 Å². The number of rotatable bonds is 3. The Bertz CT molecular complexity index is 179. The summed E-state index contributed by atoms with van der Waals surface area (Å²) in [5, 5.41) is 0. The zero-order chi connectivity index (χ0) is 9.97. The molecule has 0 bridgehead atoms. The number of nitrogens with two attached hydrogens (primary N) is 1. The Morgan fingerprint density at radius 2 is 2.07 bits per heavy atom. The van der Waals surface area contributed by atoms with Gasteiger partial charge in [0.2, 0.25) is 0 Å². The fourth-order valence-corrected chi connectivity index (χ4v) is 2.52. The first kappa shape index (κ1) is 10.4. The van der Waals surface area contributed by atoms with Crippen molar-refractivity contribution < 1.29 is 0 Å². The molecule has 2 aliphatic rings. The number of hydrogen-bond donors (Lipinski definition) is 1.